The summed E-state index contributed by atoms with van der Waals surface area (Å²) in [6, 6.07) is 4.22. The summed E-state index contributed by atoms with van der Waals surface area (Å²) in [6.07, 6.45) is 3.02. The van der Waals surface area contributed by atoms with Crippen LogP contribution in [0.2, 0.25) is 0 Å². The van der Waals surface area contributed by atoms with Gasteiger partial charge in [-0.2, -0.15) is 0 Å². The highest BCUT2D eigenvalue weighted by molar-refractivity contribution is 7.09. The van der Waals surface area contributed by atoms with Gasteiger partial charge in [0.2, 0.25) is 0 Å². The minimum Gasteiger partial charge on any atom is -0.396 e. The smallest absolute Gasteiger partial charge is 0.317 e. The Kier molecular flexibility index (Phi) is 5.86. The van der Waals surface area contributed by atoms with Gasteiger partial charge in [-0.15, -0.1) is 11.3 Å². The Hall–Kier alpha value is -1.07. The van der Waals surface area contributed by atoms with Gasteiger partial charge in [-0.25, -0.2) is 4.79 Å². The summed E-state index contributed by atoms with van der Waals surface area (Å²) in [7, 11) is 0. The summed E-state index contributed by atoms with van der Waals surface area (Å²) in [6.45, 7) is 4.53. The molecule has 1 saturated heterocycles. The molecule has 4 nitrogen and oxygen atoms in total. The van der Waals surface area contributed by atoms with Crippen LogP contribution in [-0.4, -0.2) is 42.3 Å². The van der Waals surface area contributed by atoms with Crippen molar-refractivity contribution in [3.63, 3.8) is 0 Å². The van der Waals surface area contributed by atoms with Crippen molar-refractivity contribution >= 4 is 17.4 Å². The monoisotopic (exact) mass is 296 g/mol. The molecule has 0 bridgehead atoms. The number of amides is 2. The SMILES string of the molecule is C[C@@H](CNC(=O)N1CCC[C@@H](CO)C1)Cc1cccs1. The van der Waals surface area contributed by atoms with Crippen molar-refractivity contribution in [3.05, 3.63) is 22.4 Å². The lowest BCUT2D eigenvalue weighted by molar-refractivity contribution is 0.129. The lowest BCUT2D eigenvalue weighted by atomic mass is 9.99. The molecule has 2 amide bonds. The minimum atomic E-state index is 0.0150. The van der Waals surface area contributed by atoms with E-state index in [9.17, 15) is 9.90 Å². The Labute approximate surface area is 124 Å². The van der Waals surface area contributed by atoms with Crippen molar-refractivity contribution in [2.75, 3.05) is 26.2 Å². The second kappa shape index (κ2) is 7.64. The van der Waals surface area contributed by atoms with E-state index in [-0.39, 0.29) is 18.6 Å². The van der Waals surface area contributed by atoms with Gasteiger partial charge in [0.25, 0.3) is 0 Å². The molecule has 20 heavy (non-hydrogen) atoms. The average Bonchev–Trinajstić information content (AvgIpc) is 2.97. The number of carbonyl (C=O) groups is 1. The number of piperidine rings is 1. The largest absolute Gasteiger partial charge is 0.396 e. The van der Waals surface area contributed by atoms with E-state index < -0.39 is 0 Å². The minimum absolute atomic E-state index is 0.0150. The Morgan fingerprint density at radius 1 is 1.65 bits per heavy atom. The molecule has 2 N–H and O–H groups in total. The van der Waals surface area contributed by atoms with E-state index in [4.69, 9.17) is 0 Å². The maximum absolute atomic E-state index is 12.1. The summed E-state index contributed by atoms with van der Waals surface area (Å²) >= 11 is 1.77. The number of carbonyl (C=O) groups excluding carboxylic acids is 1. The van der Waals surface area contributed by atoms with E-state index in [0.29, 0.717) is 19.0 Å². The third-order valence-corrected chi connectivity index (χ3v) is 4.69. The quantitative estimate of drug-likeness (QED) is 0.876. The Balaban J connectivity index is 1.71. The number of thiophene rings is 1. The number of likely N-dealkylation sites (tertiary alicyclic amines) is 1. The van der Waals surface area contributed by atoms with E-state index in [1.54, 1.807) is 11.3 Å². The first-order chi connectivity index (χ1) is 9.69. The van der Waals surface area contributed by atoms with Crippen LogP contribution in [0.1, 0.15) is 24.6 Å². The van der Waals surface area contributed by atoms with Crippen molar-refractivity contribution < 1.29 is 9.90 Å². The molecule has 0 aromatic carbocycles. The van der Waals surface area contributed by atoms with Gasteiger partial charge < -0.3 is 15.3 Å². The van der Waals surface area contributed by atoms with Gasteiger partial charge in [-0.3, -0.25) is 0 Å². The molecule has 0 unspecified atom stereocenters. The van der Waals surface area contributed by atoms with Crippen LogP contribution in [0.15, 0.2) is 17.5 Å². The summed E-state index contributed by atoms with van der Waals surface area (Å²) in [5.74, 6) is 0.689. The normalized spacial score (nSPS) is 20.7. The summed E-state index contributed by atoms with van der Waals surface area (Å²) < 4.78 is 0. The number of urea groups is 1. The van der Waals surface area contributed by atoms with Gasteiger partial charge in [0.15, 0.2) is 0 Å². The summed E-state index contributed by atoms with van der Waals surface area (Å²) in [5.41, 5.74) is 0. The van der Waals surface area contributed by atoms with E-state index in [2.05, 4.69) is 29.8 Å². The molecule has 1 fully saturated rings. The molecule has 0 aliphatic carbocycles. The Bertz CT molecular complexity index is 408. The number of rotatable bonds is 5. The Morgan fingerprint density at radius 2 is 2.50 bits per heavy atom. The number of hydrogen-bond donors (Lipinski definition) is 2. The van der Waals surface area contributed by atoms with Gasteiger partial charge in [0.05, 0.1) is 0 Å². The molecule has 5 heteroatoms. The molecule has 0 radical (unpaired) electrons. The van der Waals surface area contributed by atoms with Crippen LogP contribution < -0.4 is 5.32 Å². The first kappa shape index (κ1) is 15.3. The number of nitrogens with zero attached hydrogens (tertiary/aromatic N) is 1. The van der Waals surface area contributed by atoms with E-state index in [1.807, 2.05) is 4.90 Å². The number of aliphatic hydroxyl groups is 1. The topological polar surface area (TPSA) is 52.6 Å². The highest BCUT2D eigenvalue weighted by Crippen LogP contribution is 2.16. The summed E-state index contributed by atoms with van der Waals surface area (Å²) in [4.78, 5) is 15.3. The van der Waals surface area contributed by atoms with Crippen LogP contribution in [0, 0.1) is 11.8 Å². The zero-order valence-electron chi connectivity index (χ0n) is 12.0. The van der Waals surface area contributed by atoms with Gasteiger partial charge in [-0.1, -0.05) is 13.0 Å². The van der Waals surface area contributed by atoms with Gasteiger partial charge in [-0.05, 0) is 42.5 Å². The summed E-state index contributed by atoms with van der Waals surface area (Å²) in [5, 5.41) is 14.3. The zero-order chi connectivity index (χ0) is 14.4. The third-order valence-electron chi connectivity index (χ3n) is 3.80. The lowest BCUT2D eigenvalue weighted by Gasteiger charge is -2.32. The predicted octanol–water partition coefficient (Wildman–Crippen LogP) is 2.34. The third kappa shape index (κ3) is 4.49. The van der Waals surface area contributed by atoms with Gasteiger partial charge in [0.1, 0.15) is 0 Å². The number of hydrogen-bond acceptors (Lipinski definition) is 3. The van der Waals surface area contributed by atoms with Crippen LogP contribution in [0.4, 0.5) is 4.79 Å². The molecule has 1 aromatic rings. The zero-order valence-corrected chi connectivity index (χ0v) is 12.9. The molecular formula is C15H24N2O2S. The van der Waals surface area contributed by atoms with Crippen molar-refractivity contribution in [3.8, 4) is 0 Å². The molecule has 0 saturated carbocycles. The second-order valence-electron chi connectivity index (χ2n) is 5.71. The Morgan fingerprint density at radius 3 is 3.20 bits per heavy atom. The van der Waals surface area contributed by atoms with E-state index in [0.717, 1.165) is 25.8 Å². The van der Waals surface area contributed by atoms with Crippen molar-refractivity contribution in [2.45, 2.75) is 26.2 Å². The van der Waals surface area contributed by atoms with E-state index >= 15 is 0 Å². The van der Waals surface area contributed by atoms with Crippen molar-refractivity contribution in [1.29, 1.82) is 0 Å². The molecular weight excluding hydrogens is 272 g/mol. The lowest BCUT2D eigenvalue weighted by Crippen LogP contribution is -2.47. The van der Waals surface area contributed by atoms with E-state index in [1.165, 1.54) is 4.88 Å². The van der Waals surface area contributed by atoms with Crippen LogP contribution in [0.25, 0.3) is 0 Å². The van der Waals surface area contributed by atoms with Crippen LogP contribution in [-0.2, 0) is 6.42 Å². The molecule has 2 heterocycles. The second-order valence-corrected chi connectivity index (χ2v) is 6.74. The van der Waals surface area contributed by atoms with Crippen LogP contribution in [0.5, 0.6) is 0 Å². The fourth-order valence-corrected chi connectivity index (χ4v) is 3.49. The fraction of sp³-hybridized carbons (Fsp3) is 0.667. The highest BCUT2D eigenvalue weighted by atomic mass is 32.1. The molecule has 2 rings (SSSR count). The predicted molar refractivity (Wildman–Crippen MR) is 82.0 cm³/mol. The average molecular weight is 296 g/mol. The van der Waals surface area contributed by atoms with Crippen molar-refractivity contribution in [2.24, 2.45) is 11.8 Å². The molecule has 0 spiro atoms. The molecule has 112 valence electrons. The first-order valence-electron chi connectivity index (χ1n) is 7.35. The maximum Gasteiger partial charge on any atom is 0.317 e. The van der Waals surface area contributed by atoms with Crippen molar-refractivity contribution in [1.82, 2.24) is 10.2 Å². The standard InChI is InChI=1S/C15H24N2O2S/c1-12(8-14-5-3-7-20-14)9-16-15(19)17-6-2-4-13(10-17)11-18/h3,5,7,12-13,18H,2,4,6,8-11H2,1H3,(H,16,19)/t12-,13-/m1/s1. The number of aliphatic hydroxyl groups excluding tert-OH is 1. The first-order valence-corrected chi connectivity index (χ1v) is 8.23. The number of nitrogens with one attached hydrogen (secondary N) is 1. The van der Waals surface area contributed by atoms with Gasteiger partial charge >= 0.3 is 6.03 Å². The molecule has 1 aliphatic heterocycles. The molecule has 2 atom stereocenters. The van der Waals surface area contributed by atoms with Gasteiger partial charge in [0, 0.05) is 31.1 Å². The van der Waals surface area contributed by atoms with Crippen LogP contribution >= 0.6 is 11.3 Å². The van der Waals surface area contributed by atoms with Crippen LogP contribution in [0.3, 0.4) is 0 Å². The molecule has 1 aromatic heterocycles. The maximum atomic E-state index is 12.1. The molecule has 1 aliphatic rings. The highest BCUT2D eigenvalue weighted by Gasteiger charge is 2.23. The fourth-order valence-electron chi connectivity index (χ4n) is 2.62.